The van der Waals surface area contributed by atoms with Crippen LogP contribution < -0.4 is 4.99 Å². The fourth-order valence-corrected chi connectivity index (χ4v) is 0.990. The molecular formula is C10H8N2O3. The topological polar surface area (TPSA) is 53.4 Å². The Morgan fingerprint density at radius 1 is 1.27 bits per heavy atom. The molecular weight excluding hydrogens is 196 g/mol. The summed E-state index contributed by atoms with van der Waals surface area (Å²) in [5, 5.41) is 0. The lowest BCUT2D eigenvalue weighted by molar-refractivity contribution is -0.241. The average molecular weight is 204 g/mol. The molecule has 0 radical (unpaired) electrons. The molecule has 76 valence electrons. The fraction of sp³-hybridized carbons (Fsp3) is 0. The number of benzene rings is 1. The summed E-state index contributed by atoms with van der Waals surface area (Å²) in [5.41, 5.74) is 0.428. The SMILES string of the molecule is O=C(OOn1ccnc1)c1ccccc1. The molecule has 0 aliphatic carbocycles. The number of nitrogens with zero attached hydrogens (tertiary/aromatic N) is 2. The molecule has 5 nitrogen and oxygen atoms in total. The summed E-state index contributed by atoms with van der Waals surface area (Å²) in [4.78, 5) is 24.3. The Kier molecular flexibility index (Phi) is 2.64. The molecule has 0 fully saturated rings. The van der Waals surface area contributed by atoms with E-state index in [1.165, 1.54) is 23.5 Å². The third-order valence-electron chi connectivity index (χ3n) is 1.69. The Bertz CT molecular complexity index is 425. The van der Waals surface area contributed by atoms with Crippen LogP contribution in [-0.2, 0) is 4.89 Å². The third-order valence-corrected chi connectivity index (χ3v) is 1.69. The van der Waals surface area contributed by atoms with E-state index < -0.39 is 5.97 Å². The molecule has 1 aromatic carbocycles. The second-order valence-corrected chi connectivity index (χ2v) is 2.73. The van der Waals surface area contributed by atoms with Gasteiger partial charge in [0.1, 0.15) is 6.33 Å². The first kappa shape index (κ1) is 9.26. The van der Waals surface area contributed by atoms with E-state index in [4.69, 9.17) is 0 Å². The minimum Gasteiger partial charge on any atom is -0.242 e. The zero-order valence-corrected chi connectivity index (χ0v) is 7.74. The van der Waals surface area contributed by atoms with Crippen LogP contribution in [0.5, 0.6) is 0 Å². The number of rotatable bonds is 3. The van der Waals surface area contributed by atoms with Crippen molar-refractivity contribution in [1.29, 1.82) is 0 Å². The molecule has 2 rings (SSSR count). The summed E-state index contributed by atoms with van der Waals surface area (Å²) in [6.45, 7) is 0. The van der Waals surface area contributed by atoms with Crippen molar-refractivity contribution in [3.05, 3.63) is 54.6 Å². The lowest BCUT2D eigenvalue weighted by Gasteiger charge is -2.02. The van der Waals surface area contributed by atoms with E-state index in [-0.39, 0.29) is 0 Å². The van der Waals surface area contributed by atoms with Gasteiger partial charge in [-0.2, -0.15) is 4.99 Å². The summed E-state index contributed by atoms with van der Waals surface area (Å²) in [6.07, 6.45) is 4.40. The zero-order chi connectivity index (χ0) is 10.5. The van der Waals surface area contributed by atoms with Crippen molar-refractivity contribution in [2.75, 3.05) is 0 Å². The van der Waals surface area contributed by atoms with Crippen molar-refractivity contribution in [3.63, 3.8) is 0 Å². The highest BCUT2D eigenvalue weighted by atomic mass is 17.3. The van der Waals surface area contributed by atoms with Gasteiger partial charge in [-0.05, 0) is 12.1 Å². The van der Waals surface area contributed by atoms with Gasteiger partial charge in [-0.3, -0.25) is 0 Å². The van der Waals surface area contributed by atoms with Crippen LogP contribution in [0.4, 0.5) is 0 Å². The van der Waals surface area contributed by atoms with E-state index in [0.29, 0.717) is 5.56 Å². The Balaban J connectivity index is 1.94. The minimum absolute atomic E-state index is 0.428. The standard InChI is InChI=1S/C10H8N2O3/c13-10(9-4-2-1-3-5-9)14-15-12-7-6-11-8-12/h1-8H. The summed E-state index contributed by atoms with van der Waals surface area (Å²) < 4.78 is 1.18. The van der Waals surface area contributed by atoms with Crippen LogP contribution in [0.25, 0.3) is 0 Å². The highest BCUT2D eigenvalue weighted by Gasteiger charge is 2.07. The van der Waals surface area contributed by atoms with Crippen molar-refractivity contribution < 1.29 is 14.7 Å². The molecule has 0 spiro atoms. The molecule has 5 heteroatoms. The third kappa shape index (κ3) is 2.34. The number of aromatic nitrogens is 2. The molecule has 0 unspecified atom stereocenters. The van der Waals surface area contributed by atoms with E-state index >= 15 is 0 Å². The van der Waals surface area contributed by atoms with Gasteiger partial charge < -0.3 is 0 Å². The van der Waals surface area contributed by atoms with Crippen LogP contribution in [0, 0.1) is 0 Å². The first-order valence-corrected chi connectivity index (χ1v) is 4.28. The number of imidazole rings is 1. The summed E-state index contributed by atoms with van der Waals surface area (Å²) in [7, 11) is 0. The number of hydrogen-bond acceptors (Lipinski definition) is 4. The zero-order valence-electron chi connectivity index (χ0n) is 7.74. The van der Waals surface area contributed by atoms with E-state index in [9.17, 15) is 4.79 Å². The average Bonchev–Trinajstić information content (AvgIpc) is 2.80. The van der Waals surface area contributed by atoms with Crippen molar-refractivity contribution in [2.45, 2.75) is 0 Å². The van der Waals surface area contributed by atoms with Crippen LogP contribution in [0.15, 0.2) is 49.1 Å². The van der Waals surface area contributed by atoms with Crippen LogP contribution in [0.3, 0.4) is 0 Å². The second-order valence-electron chi connectivity index (χ2n) is 2.73. The Morgan fingerprint density at radius 2 is 2.07 bits per heavy atom. The molecule has 0 aliphatic rings. The van der Waals surface area contributed by atoms with E-state index in [1.807, 2.05) is 6.07 Å². The van der Waals surface area contributed by atoms with Crippen molar-refractivity contribution in [3.8, 4) is 0 Å². The molecule has 0 atom stereocenters. The number of carbonyl (C=O) groups is 1. The van der Waals surface area contributed by atoms with Crippen LogP contribution >= 0.6 is 0 Å². The highest BCUT2D eigenvalue weighted by Crippen LogP contribution is 2.00. The lowest BCUT2D eigenvalue weighted by atomic mass is 10.2. The number of hydrogen-bond donors (Lipinski definition) is 0. The lowest BCUT2D eigenvalue weighted by Crippen LogP contribution is -2.15. The predicted molar refractivity (Wildman–Crippen MR) is 50.7 cm³/mol. The predicted octanol–water partition coefficient (Wildman–Crippen LogP) is 1.08. The maximum atomic E-state index is 11.4. The van der Waals surface area contributed by atoms with Gasteiger partial charge in [0.25, 0.3) is 0 Å². The summed E-state index contributed by atoms with van der Waals surface area (Å²) >= 11 is 0. The molecule has 0 N–H and O–H groups in total. The molecule has 2 aromatic rings. The molecule has 0 saturated carbocycles. The van der Waals surface area contributed by atoms with Crippen molar-refractivity contribution >= 4 is 5.97 Å². The van der Waals surface area contributed by atoms with Gasteiger partial charge in [-0.1, -0.05) is 18.2 Å². The summed E-state index contributed by atoms with van der Waals surface area (Å²) in [6, 6.07) is 8.58. The molecule has 0 aliphatic heterocycles. The van der Waals surface area contributed by atoms with Gasteiger partial charge in [0.2, 0.25) is 0 Å². The van der Waals surface area contributed by atoms with Gasteiger partial charge >= 0.3 is 5.97 Å². The molecule has 0 bridgehead atoms. The first-order valence-electron chi connectivity index (χ1n) is 4.28. The van der Waals surface area contributed by atoms with E-state index in [2.05, 4.69) is 14.9 Å². The van der Waals surface area contributed by atoms with Crippen LogP contribution in [0.1, 0.15) is 10.4 Å². The van der Waals surface area contributed by atoms with Gasteiger partial charge in [-0.15, -0.1) is 4.73 Å². The smallest absolute Gasteiger partial charge is 0.242 e. The fourth-order valence-electron chi connectivity index (χ4n) is 0.990. The Labute approximate surface area is 85.8 Å². The summed E-state index contributed by atoms with van der Waals surface area (Å²) in [5.74, 6) is -0.552. The monoisotopic (exact) mass is 204 g/mol. The Morgan fingerprint density at radius 3 is 2.73 bits per heavy atom. The van der Waals surface area contributed by atoms with E-state index in [0.717, 1.165) is 0 Å². The van der Waals surface area contributed by atoms with Crippen molar-refractivity contribution in [2.24, 2.45) is 0 Å². The molecule has 0 amide bonds. The van der Waals surface area contributed by atoms with Crippen LogP contribution in [-0.4, -0.2) is 15.7 Å². The van der Waals surface area contributed by atoms with Crippen LogP contribution in [0.2, 0.25) is 0 Å². The largest absolute Gasteiger partial charge is 0.388 e. The molecule has 1 heterocycles. The minimum atomic E-state index is -0.552. The van der Waals surface area contributed by atoms with Gasteiger partial charge in [0.15, 0.2) is 0 Å². The van der Waals surface area contributed by atoms with E-state index in [1.54, 1.807) is 24.3 Å². The van der Waals surface area contributed by atoms with Crippen molar-refractivity contribution in [1.82, 2.24) is 9.71 Å². The second kappa shape index (κ2) is 4.28. The van der Waals surface area contributed by atoms with Gasteiger partial charge in [0.05, 0.1) is 11.8 Å². The molecule has 1 aromatic heterocycles. The maximum absolute atomic E-state index is 11.4. The maximum Gasteiger partial charge on any atom is 0.388 e. The van der Waals surface area contributed by atoms with Gasteiger partial charge in [-0.25, -0.2) is 14.7 Å². The van der Waals surface area contributed by atoms with Gasteiger partial charge in [0, 0.05) is 6.20 Å². The highest BCUT2D eigenvalue weighted by molar-refractivity contribution is 5.88. The molecule has 15 heavy (non-hydrogen) atoms. The first-order chi connectivity index (χ1) is 7.36. The Hall–Kier alpha value is -2.30. The number of carbonyl (C=O) groups excluding carboxylic acids is 1. The quantitative estimate of drug-likeness (QED) is 0.554. The normalized spacial score (nSPS) is 9.60. The molecule has 0 saturated heterocycles.